The number of aryl methyl sites for hydroxylation is 2. The number of nitrogens with zero attached hydrogens (tertiary/aromatic N) is 8. The Bertz CT molecular complexity index is 1740. The highest BCUT2D eigenvalue weighted by molar-refractivity contribution is 14.1. The molecule has 5 heterocycles. The van der Waals surface area contributed by atoms with E-state index in [2.05, 4.69) is 42.8 Å². The highest BCUT2D eigenvalue weighted by atomic mass is 127. The minimum atomic E-state index is 0.0273. The monoisotopic (exact) mass is 700 g/mol. The summed E-state index contributed by atoms with van der Waals surface area (Å²) in [5.41, 5.74) is 2.31. The van der Waals surface area contributed by atoms with E-state index in [9.17, 15) is 9.59 Å². The molecule has 0 amide bonds. The molecule has 43 heavy (non-hydrogen) atoms. The van der Waals surface area contributed by atoms with Crippen LogP contribution in [0.4, 0.5) is 0 Å². The number of imidazole rings is 2. The molecule has 2 aliphatic carbocycles. The Morgan fingerprint density at radius 3 is 1.88 bits per heavy atom. The van der Waals surface area contributed by atoms with Gasteiger partial charge in [-0.3, -0.25) is 18.7 Å². The van der Waals surface area contributed by atoms with Gasteiger partial charge in [0.25, 0.3) is 11.1 Å². The fourth-order valence-electron chi connectivity index (χ4n) is 6.76. The van der Waals surface area contributed by atoms with Gasteiger partial charge >= 0.3 is 0 Å². The van der Waals surface area contributed by atoms with Crippen molar-refractivity contribution in [3.63, 3.8) is 0 Å². The molecule has 4 aromatic rings. The van der Waals surface area contributed by atoms with Crippen LogP contribution in [0.5, 0.6) is 0 Å². The van der Waals surface area contributed by atoms with Gasteiger partial charge in [0.15, 0.2) is 20.7 Å². The summed E-state index contributed by atoms with van der Waals surface area (Å²) in [6.45, 7) is 6.70. The molecular formula is C31H41IN8O3. The van der Waals surface area contributed by atoms with E-state index >= 15 is 0 Å². The molecule has 12 heteroatoms. The summed E-state index contributed by atoms with van der Waals surface area (Å²) in [6, 6.07) is 0. The Morgan fingerprint density at radius 1 is 0.791 bits per heavy atom. The topological polar surface area (TPSA) is 114 Å². The Hall–Kier alpha value is -2.87. The van der Waals surface area contributed by atoms with Crippen molar-refractivity contribution in [3.05, 3.63) is 60.5 Å². The molecule has 4 aromatic heterocycles. The highest BCUT2D eigenvalue weighted by Crippen LogP contribution is 2.26. The molecule has 0 unspecified atom stereocenters. The van der Waals surface area contributed by atoms with Crippen LogP contribution in [0.25, 0.3) is 16.6 Å². The molecule has 7 rings (SSSR count). The van der Waals surface area contributed by atoms with Crippen LogP contribution in [0.2, 0.25) is 0 Å². The summed E-state index contributed by atoms with van der Waals surface area (Å²) in [4.78, 5) is 34.1. The standard InChI is InChI=1S/C18H24N4O2.C13H17IN4O/c1-13-20-22-16(11-19-17(22)15-7-9-24-10-8-15)18(23)21(13)12-14-5-3-2-4-6-14;1-9-16-18-11(7-15-13(18)14)12(19)17(9)8-10-5-3-2-4-6-10/h7,11,14H,2-6,8-10,12H2,1H3;7,10H,2-6,8H2,1H3. The maximum Gasteiger partial charge on any atom is 0.279 e. The maximum absolute atomic E-state index is 12.9. The average molecular weight is 701 g/mol. The molecule has 2 saturated carbocycles. The van der Waals surface area contributed by atoms with Gasteiger partial charge in [0.1, 0.15) is 11.6 Å². The normalized spacial score (nSPS) is 18.5. The second-order valence-corrected chi connectivity index (χ2v) is 13.2. The van der Waals surface area contributed by atoms with Gasteiger partial charge in [-0.05, 0) is 63.4 Å². The summed E-state index contributed by atoms with van der Waals surface area (Å²) in [7, 11) is 0. The van der Waals surface area contributed by atoms with Gasteiger partial charge in [-0.2, -0.15) is 10.2 Å². The number of halogens is 1. The molecule has 0 aromatic carbocycles. The van der Waals surface area contributed by atoms with Crippen LogP contribution >= 0.6 is 22.6 Å². The minimum absolute atomic E-state index is 0.0273. The molecule has 0 atom stereocenters. The summed E-state index contributed by atoms with van der Waals surface area (Å²) in [6.07, 6.45) is 18.8. The summed E-state index contributed by atoms with van der Waals surface area (Å²) < 4.78 is 13.1. The first kappa shape index (κ1) is 30.2. The Morgan fingerprint density at radius 2 is 1.33 bits per heavy atom. The second-order valence-electron chi connectivity index (χ2n) is 12.2. The molecule has 0 radical (unpaired) electrons. The van der Waals surface area contributed by atoms with Crippen molar-refractivity contribution in [2.24, 2.45) is 11.8 Å². The van der Waals surface area contributed by atoms with Gasteiger partial charge in [0, 0.05) is 35.7 Å². The van der Waals surface area contributed by atoms with E-state index in [4.69, 9.17) is 4.74 Å². The number of hydrogen-bond acceptors (Lipinski definition) is 7. The van der Waals surface area contributed by atoms with E-state index in [0.29, 0.717) is 36.1 Å². The van der Waals surface area contributed by atoms with Gasteiger partial charge < -0.3 is 4.74 Å². The van der Waals surface area contributed by atoms with E-state index in [0.717, 1.165) is 46.4 Å². The number of fused-ring (bicyclic) bond motifs is 2. The molecule has 230 valence electrons. The van der Waals surface area contributed by atoms with Crippen molar-refractivity contribution < 1.29 is 4.74 Å². The molecule has 0 saturated heterocycles. The lowest BCUT2D eigenvalue weighted by Gasteiger charge is -2.23. The zero-order chi connectivity index (χ0) is 29.9. The lowest BCUT2D eigenvalue weighted by Crippen LogP contribution is -2.30. The molecule has 2 fully saturated rings. The second kappa shape index (κ2) is 13.4. The van der Waals surface area contributed by atoms with Gasteiger partial charge in [0.2, 0.25) is 0 Å². The molecular weight excluding hydrogens is 659 g/mol. The number of ether oxygens (including phenoxy) is 1. The third-order valence-corrected chi connectivity index (χ3v) is 9.95. The zero-order valence-electron chi connectivity index (χ0n) is 25.2. The third-order valence-electron chi connectivity index (χ3n) is 9.22. The Kier molecular flexibility index (Phi) is 9.41. The number of aromatic nitrogens is 8. The van der Waals surface area contributed by atoms with Crippen molar-refractivity contribution in [2.45, 2.75) is 97.6 Å². The first-order valence-electron chi connectivity index (χ1n) is 15.7. The summed E-state index contributed by atoms with van der Waals surface area (Å²) in [5.74, 6) is 3.54. The molecule has 1 aliphatic heterocycles. The van der Waals surface area contributed by atoms with Crippen LogP contribution in [0.1, 0.15) is 88.1 Å². The minimum Gasteiger partial charge on any atom is -0.377 e. The van der Waals surface area contributed by atoms with E-state index in [1.165, 1.54) is 64.2 Å². The van der Waals surface area contributed by atoms with Crippen molar-refractivity contribution in [1.29, 1.82) is 0 Å². The lowest BCUT2D eigenvalue weighted by molar-refractivity contribution is 0.161. The smallest absolute Gasteiger partial charge is 0.279 e. The van der Waals surface area contributed by atoms with Crippen LogP contribution < -0.4 is 11.1 Å². The SMILES string of the molecule is Cc1nn2c(C3=CCOCC3)ncc2c(=O)n1CC1CCCCC1.Cc1nn2c(I)ncc2c(=O)n1CC1CCCCC1. The summed E-state index contributed by atoms with van der Waals surface area (Å²) in [5, 5.41) is 9.14. The predicted molar refractivity (Wildman–Crippen MR) is 173 cm³/mol. The van der Waals surface area contributed by atoms with Crippen LogP contribution in [-0.2, 0) is 17.8 Å². The van der Waals surface area contributed by atoms with Gasteiger partial charge in [0.05, 0.1) is 25.6 Å². The predicted octanol–water partition coefficient (Wildman–Crippen LogP) is 4.97. The first-order chi connectivity index (χ1) is 20.9. The van der Waals surface area contributed by atoms with Crippen molar-refractivity contribution >= 4 is 39.2 Å². The van der Waals surface area contributed by atoms with Crippen molar-refractivity contribution in [2.75, 3.05) is 13.2 Å². The van der Waals surface area contributed by atoms with E-state index in [-0.39, 0.29) is 11.1 Å². The fraction of sp³-hybridized carbons (Fsp3) is 0.613. The van der Waals surface area contributed by atoms with Crippen LogP contribution in [0.15, 0.2) is 28.1 Å². The third kappa shape index (κ3) is 6.50. The number of rotatable bonds is 5. The van der Waals surface area contributed by atoms with Crippen molar-refractivity contribution in [1.82, 2.24) is 38.3 Å². The molecule has 0 spiro atoms. The van der Waals surface area contributed by atoms with Gasteiger partial charge in [-0.1, -0.05) is 44.6 Å². The molecule has 11 nitrogen and oxygen atoms in total. The van der Waals surface area contributed by atoms with E-state index in [1.807, 2.05) is 29.1 Å². The van der Waals surface area contributed by atoms with E-state index < -0.39 is 0 Å². The van der Waals surface area contributed by atoms with Gasteiger partial charge in [-0.25, -0.2) is 19.0 Å². The van der Waals surface area contributed by atoms with E-state index in [1.54, 1.807) is 21.4 Å². The maximum atomic E-state index is 12.9. The Balaban J connectivity index is 0.000000157. The largest absolute Gasteiger partial charge is 0.377 e. The molecule has 3 aliphatic rings. The van der Waals surface area contributed by atoms with Crippen molar-refractivity contribution in [3.8, 4) is 0 Å². The van der Waals surface area contributed by atoms with Crippen LogP contribution in [0.3, 0.4) is 0 Å². The first-order valence-corrected chi connectivity index (χ1v) is 16.8. The van der Waals surface area contributed by atoms with Gasteiger partial charge in [-0.15, -0.1) is 0 Å². The number of hydrogen-bond donors (Lipinski definition) is 0. The fourth-order valence-corrected chi connectivity index (χ4v) is 7.27. The average Bonchev–Trinajstić information content (AvgIpc) is 3.63. The van der Waals surface area contributed by atoms with Crippen LogP contribution in [-0.4, -0.2) is 51.5 Å². The molecule has 0 N–H and O–H groups in total. The summed E-state index contributed by atoms with van der Waals surface area (Å²) >= 11 is 2.09. The van der Waals surface area contributed by atoms with Crippen LogP contribution in [0, 0.1) is 29.5 Å². The lowest BCUT2D eigenvalue weighted by atomic mass is 9.89. The molecule has 0 bridgehead atoms. The quantitative estimate of drug-likeness (QED) is 0.271. The zero-order valence-corrected chi connectivity index (χ0v) is 27.3. The Labute approximate surface area is 264 Å². The highest BCUT2D eigenvalue weighted by Gasteiger charge is 2.21.